The van der Waals surface area contributed by atoms with Gasteiger partial charge in [-0.1, -0.05) is 31.2 Å². The van der Waals surface area contributed by atoms with Crippen molar-refractivity contribution in [3.63, 3.8) is 0 Å². The predicted octanol–water partition coefficient (Wildman–Crippen LogP) is 3.98. The van der Waals surface area contributed by atoms with Crippen LogP contribution in [0, 0.1) is 13.8 Å². The van der Waals surface area contributed by atoms with Gasteiger partial charge < -0.3 is 5.32 Å². The maximum Gasteiger partial charge on any atom is 0.0376 e. The van der Waals surface area contributed by atoms with Gasteiger partial charge in [-0.15, -0.1) is 0 Å². The molecule has 0 aliphatic rings. The van der Waals surface area contributed by atoms with E-state index in [1.165, 1.54) is 22.3 Å². The number of benzene rings is 1. The van der Waals surface area contributed by atoms with Gasteiger partial charge in [0, 0.05) is 18.4 Å². The molecule has 106 valence electrons. The van der Waals surface area contributed by atoms with Crippen LogP contribution in [0.15, 0.2) is 42.7 Å². The zero-order chi connectivity index (χ0) is 14.4. The maximum atomic E-state index is 4.26. The first kappa shape index (κ1) is 14.7. The molecule has 1 N–H and O–H groups in total. The largest absolute Gasteiger partial charge is 0.310 e. The Hall–Kier alpha value is -1.67. The van der Waals surface area contributed by atoms with Crippen LogP contribution >= 0.6 is 0 Å². The smallest absolute Gasteiger partial charge is 0.0376 e. The second kappa shape index (κ2) is 7.20. The Morgan fingerprint density at radius 2 is 1.85 bits per heavy atom. The molecule has 1 atom stereocenters. The standard InChI is InChI=1S/C18H24N2/c1-4-10-20-18(16-9-6-11-19-13-16)12-17-14(2)7-5-8-15(17)3/h5-9,11,13,18,20H,4,10,12H2,1-3H3. The lowest BCUT2D eigenvalue weighted by atomic mass is 9.93. The van der Waals surface area contributed by atoms with Crippen LogP contribution in [0.25, 0.3) is 0 Å². The minimum absolute atomic E-state index is 0.337. The Labute approximate surface area is 122 Å². The zero-order valence-corrected chi connectivity index (χ0v) is 12.7. The minimum Gasteiger partial charge on any atom is -0.310 e. The predicted molar refractivity (Wildman–Crippen MR) is 84.9 cm³/mol. The topological polar surface area (TPSA) is 24.9 Å². The van der Waals surface area contributed by atoms with E-state index in [9.17, 15) is 0 Å². The molecule has 1 heterocycles. The first-order valence-electron chi connectivity index (χ1n) is 7.40. The first-order valence-corrected chi connectivity index (χ1v) is 7.40. The second-order valence-electron chi connectivity index (χ2n) is 5.37. The molecular weight excluding hydrogens is 244 g/mol. The third-order valence-corrected chi connectivity index (χ3v) is 3.78. The number of rotatable bonds is 6. The molecule has 0 aliphatic heterocycles. The van der Waals surface area contributed by atoms with E-state index in [4.69, 9.17) is 0 Å². The lowest BCUT2D eigenvalue weighted by Crippen LogP contribution is -2.24. The average molecular weight is 268 g/mol. The molecule has 1 unspecified atom stereocenters. The highest BCUT2D eigenvalue weighted by molar-refractivity contribution is 5.35. The number of aryl methyl sites for hydroxylation is 2. The number of pyridine rings is 1. The summed E-state index contributed by atoms with van der Waals surface area (Å²) in [5.74, 6) is 0. The molecule has 0 bridgehead atoms. The summed E-state index contributed by atoms with van der Waals surface area (Å²) in [6.45, 7) is 7.63. The van der Waals surface area contributed by atoms with Gasteiger partial charge in [-0.25, -0.2) is 0 Å². The SMILES string of the molecule is CCCNC(Cc1c(C)cccc1C)c1cccnc1. The van der Waals surface area contributed by atoms with Crippen molar-refractivity contribution < 1.29 is 0 Å². The van der Waals surface area contributed by atoms with Gasteiger partial charge in [0.15, 0.2) is 0 Å². The molecule has 2 heteroatoms. The van der Waals surface area contributed by atoms with E-state index in [1.54, 1.807) is 0 Å². The van der Waals surface area contributed by atoms with Gasteiger partial charge in [0.2, 0.25) is 0 Å². The summed E-state index contributed by atoms with van der Waals surface area (Å²) >= 11 is 0. The van der Waals surface area contributed by atoms with Crippen LogP contribution in [0.1, 0.15) is 41.6 Å². The van der Waals surface area contributed by atoms with Crippen LogP contribution in [0.4, 0.5) is 0 Å². The number of hydrogen-bond donors (Lipinski definition) is 1. The van der Waals surface area contributed by atoms with Crippen molar-refractivity contribution in [2.45, 2.75) is 39.7 Å². The monoisotopic (exact) mass is 268 g/mol. The normalized spacial score (nSPS) is 12.3. The molecule has 0 spiro atoms. The van der Waals surface area contributed by atoms with Gasteiger partial charge in [0.25, 0.3) is 0 Å². The number of aromatic nitrogens is 1. The van der Waals surface area contributed by atoms with E-state index in [-0.39, 0.29) is 0 Å². The Morgan fingerprint density at radius 3 is 2.45 bits per heavy atom. The molecule has 0 radical (unpaired) electrons. The second-order valence-corrected chi connectivity index (χ2v) is 5.37. The van der Waals surface area contributed by atoms with E-state index in [0.29, 0.717) is 6.04 Å². The Bertz CT molecular complexity index is 514. The zero-order valence-electron chi connectivity index (χ0n) is 12.7. The average Bonchev–Trinajstić information content (AvgIpc) is 2.47. The summed E-state index contributed by atoms with van der Waals surface area (Å²) in [7, 11) is 0. The molecule has 1 aromatic heterocycles. The van der Waals surface area contributed by atoms with Crippen LogP contribution in [0.5, 0.6) is 0 Å². The number of nitrogens with zero attached hydrogens (tertiary/aromatic N) is 1. The molecule has 2 nitrogen and oxygen atoms in total. The van der Waals surface area contributed by atoms with Crippen molar-refractivity contribution in [2.24, 2.45) is 0 Å². The Kier molecular flexibility index (Phi) is 5.31. The van der Waals surface area contributed by atoms with Gasteiger partial charge in [-0.05, 0) is 61.6 Å². The highest BCUT2D eigenvalue weighted by Gasteiger charge is 2.14. The van der Waals surface area contributed by atoms with Crippen molar-refractivity contribution in [3.05, 3.63) is 65.0 Å². The highest BCUT2D eigenvalue weighted by atomic mass is 14.9. The van der Waals surface area contributed by atoms with Crippen molar-refractivity contribution in [3.8, 4) is 0 Å². The van der Waals surface area contributed by atoms with Gasteiger partial charge in [0.1, 0.15) is 0 Å². The van der Waals surface area contributed by atoms with Crippen LogP contribution in [-0.2, 0) is 6.42 Å². The molecule has 0 saturated heterocycles. The summed E-state index contributed by atoms with van der Waals surface area (Å²) in [4.78, 5) is 4.26. The van der Waals surface area contributed by atoms with Crippen molar-refractivity contribution in [2.75, 3.05) is 6.54 Å². The maximum absolute atomic E-state index is 4.26. The Morgan fingerprint density at radius 1 is 1.10 bits per heavy atom. The molecule has 2 aromatic rings. The third-order valence-electron chi connectivity index (χ3n) is 3.78. The molecule has 0 amide bonds. The summed E-state index contributed by atoms with van der Waals surface area (Å²) in [5.41, 5.74) is 5.46. The Balaban J connectivity index is 2.24. The lowest BCUT2D eigenvalue weighted by Gasteiger charge is -2.21. The fraction of sp³-hybridized carbons (Fsp3) is 0.389. The summed E-state index contributed by atoms with van der Waals surface area (Å²) < 4.78 is 0. The van der Waals surface area contributed by atoms with Crippen molar-refractivity contribution in [1.29, 1.82) is 0 Å². The van der Waals surface area contributed by atoms with E-state index < -0.39 is 0 Å². The summed E-state index contributed by atoms with van der Waals surface area (Å²) in [6, 6.07) is 11.0. The lowest BCUT2D eigenvalue weighted by molar-refractivity contribution is 0.526. The number of hydrogen-bond acceptors (Lipinski definition) is 2. The quantitative estimate of drug-likeness (QED) is 0.857. The fourth-order valence-corrected chi connectivity index (χ4v) is 2.58. The van der Waals surface area contributed by atoms with Gasteiger partial charge in [0.05, 0.1) is 0 Å². The summed E-state index contributed by atoms with van der Waals surface area (Å²) in [5, 5.41) is 3.65. The highest BCUT2D eigenvalue weighted by Crippen LogP contribution is 2.22. The van der Waals surface area contributed by atoms with E-state index in [0.717, 1.165) is 19.4 Å². The van der Waals surface area contributed by atoms with Crippen LogP contribution in [0.3, 0.4) is 0 Å². The van der Waals surface area contributed by atoms with Crippen LogP contribution in [-0.4, -0.2) is 11.5 Å². The molecule has 0 fully saturated rings. The van der Waals surface area contributed by atoms with Crippen LogP contribution in [0.2, 0.25) is 0 Å². The van der Waals surface area contributed by atoms with E-state index in [1.807, 2.05) is 18.5 Å². The molecule has 0 saturated carbocycles. The van der Waals surface area contributed by atoms with Crippen molar-refractivity contribution in [1.82, 2.24) is 10.3 Å². The van der Waals surface area contributed by atoms with Gasteiger partial charge in [-0.3, -0.25) is 4.98 Å². The van der Waals surface area contributed by atoms with E-state index >= 15 is 0 Å². The van der Waals surface area contributed by atoms with Crippen molar-refractivity contribution >= 4 is 0 Å². The molecular formula is C18H24N2. The molecule has 0 aliphatic carbocycles. The van der Waals surface area contributed by atoms with Crippen LogP contribution < -0.4 is 5.32 Å². The summed E-state index contributed by atoms with van der Waals surface area (Å²) in [6.07, 6.45) is 5.97. The number of nitrogens with one attached hydrogen (secondary N) is 1. The third kappa shape index (κ3) is 3.67. The van der Waals surface area contributed by atoms with Gasteiger partial charge in [-0.2, -0.15) is 0 Å². The van der Waals surface area contributed by atoms with Gasteiger partial charge >= 0.3 is 0 Å². The molecule has 20 heavy (non-hydrogen) atoms. The molecule has 2 rings (SSSR count). The minimum atomic E-state index is 0.337. The molecule has 1 aromatic carbocycles. The van der Waals surface area contributed by atoms with E-state index in [2.05, 4.69) is 55.3 Å². The fourth-order valence-electron chi connectivity index (χ4n) is 2.58. The first-order chi connectivity index (χ1) is 9.72.